The second kappa shape index (κ2) is 3.09. The van der Waals surface area contributed by atoms with E-state index in [9.17, 15) is 9.90 Å². The molecule has 1 heterocycles. The summed E-state index contributed by atoms with van der Waals surface area (Å²) in [5.74, 6) is -0.400. The Bertz CT molecular complexity index is 355. The molecule has 0 bridgehead atoms. The Balaban J connectivity index is 2.13. The molecule has 1 fully saturated rings. The molecule has 76 valence electrons. The van der Waals surface area contributed by atoms with Gasteiger partial charge in [-0.2, -0.15) is 5.10 Å². The summed E-state index contributed by atoms with van der Waals surface area (Å²) in [4.78, 5) is 11.2. The summed E-state index contributed by atoms with van der Waals surface area (Å²) >= 11 is 0. The highest BCUT2D eigenvalue weighted by atomic mass is 16.5. The van der Waals surface area contributed by atoms with Gasteiger partial charge in [-0.1, -0.05) is 0 Å². The second-order valence-electron chi connectivity index (χ2n) is 3.38. The second-order valence-corrected chi connectivity index (χ2v) is 3.38. The van der Waals surface area contributed by atoms with E-state index in [4.69, 9.17) is 4.74 Å². The van der Waals surface area contributed by atoms with Crippen molar-refractivity contribution in [3.05, 3.63) is 18.0 Å². The van der Waals surface area contributed by atoms with Crippen LogP contribution in [0.15, 0.2) is 12.4 Å². The summed E-state index contributed by atoms with van der Waals surface area (Å²) in [5, 5.41) is 13.6. The van der Waals surface area contributed by atoms with E-state index >= 15 is 0 Å². The molecular weight excluding hydrogens is 184 g/mol. The Hall–Kier alpha value is -1.36. The third-order valence-electron chi connectivity index (χ3n) is 2.22. The molecule has 0 amide bonds. The number of nitrogens with zero attached hydrogens (tertiary/aromatic N) is 2. The minimum Gasteiger partial charge on any atom is -0.462 e. The smallest absolute Gasteiger partial charge is 0.341 e. The fourth-order valence-electron chi connectivity index (χ4n) is 1.21. The molecule has 0 unspecified atom stereocenters. The van der Waals surface area contributed by atoms with Gasteiger partial charge in [-0.15, -0.1) is 0 Å². The van der Waals surface area contributed by atoms with Crippen LogP contribution >= 0.6 is 0 Å². The number of esters is 1. The Morgan fingerprint density at radius 3 is 3.07 bits per heavy atom. The molecule has 0 radical (unpaired) electrons. The first-order valence-corrected chi connectivity index (χ1v) is 4.60. The van der Waals surface area contributed by atoms with Crippen LogP contribution in [0.5, 0.6) is 0 Å². The number of hydrogen-bond acceptors (Lipinski definition) is 4. The predicted molar refractivity (Wildman–Crippen MR) is 47.6 cm³/mol. The molecule has 2 rings (SSSR count). The van der Waals surface area contributed by atoms with E-state index < -0.39 is 11.7 Å². The van der Waals surface area contributed by atoms with Gasteiger partial charge in [-0.05, 0) is 6.92 Å². The van der Waals surface area contributed by atoms with Crippen LogP contribution < -0.4 is 0 Å². The molecule has 14 heavy (non-hydrogen) atoms. The lowest BCUT2D eigenvalue weighted by molar-refractivity contribution is 0.0520. The first kappa shape index (κ1) is 9.21. The number of aliphatic hydroxyl groups is 1. The lowest BCUT2D eigenvalue weighted by Crippen LogP contribution is -2.16. The summed E-state index contributed by atoms with van der Waals surface area (Å²) in [5.41, 5.74) is -0.475. The summed E-state index contributed by atoms with van der Waals surface area (Å²) in [6.07, 6.45) is 4.31. The maximum Gasteiger partial charge on any atom is 0.341 e. The quantitative estimate of drug-likeness (QED) is 0.715. The number of ether oxygens (including phenoxy) is 1. The fourth-order valence-corrected chi connectivity index (χ4v) is 1.21. The van der Waals surface area contributed by atoms with Crippen molar-refractivity contribution in [2.45, 2.75) is 25.5 Å². The van der Waals surface area contributed by atoms with Crippen molar-refractivity contribution in [1.82, 2.24) is 9.78 Å². The zero-order valence-corrected chi connectivity index (χ0v) is 7.93. The van der Waals surface area contributed by atoms with Crippen LogP contribution in [0.2, 0.25) is 0 Å². The van der Waals surface area contributed by atoms with E-state index in [0.29, 0.717) is 25.0 Å². The van der Waals surface area contributed by atoms with Gasteiger partial charge < -0.3 is 9.84 Å². The van der Waals surface area contributed by atoms with Crippen molar-refractivity contribution in [1.29, 1.82) is 0 Å². The highest BCUT2D eigenvalue weighted by Crippen LogP contribution is 2.39. The molecule has 1 N–H and O–H groups in total. The maximum absolute atomic E-state index is 11.2. The molecule has 0 saturated heterocycles. The van der Waals surface area contributed by atoms with Crippen LogP contribution in [0.4, 0.5) is 0 Å². The van der Waals surface area contributed by atoms with Crippen molar-refractivity contribution >= 4 is 5.97 Å². The Kier molecular flexibility index (Phi) is 2.03. The van der Waals surface area contributed by atoms with Crippen LogP contribution in [0.3, 0.4) is 0 Å². The molecule has 0 aliphatic heterocycles. The van der Waals surface area contributed by atoms with Gasteiger partial charge in [0.15, 0.2) is 5.72 Å². The largest absolute Gasteiger partial charge is 0.462 e. The van der Waals surface area contributed by atoms with Gasteiger partial charge in [-0.25, -0.2) is 9.48 Å². The number of carbonyl (C=O) groups is 1. The summed E-state index contributed by atoms with van der Waals surface area (Å²) in [6, 6.07) is 0. The van der Waals surface area contributed by atoms with E-state index in [1.807, 2.05) is 0 Å². The van der Waals surface area contributed by atoms with Gasteiger partial charge >= 0.3 is 5.97 Å². The summed E-state index contributed by atoms with van der Waals surface area (Å²) in [7, 11) is 0. The summed E-state index contributed by atoms with van der Waals surface area (Å²) in [6.45, 7) is 2.09. The lowest BCUT2D eigenvalue weighted by Gasteiger charge is -2.06. The molecule has 1 aliphatic carbocycles. The first-order chi connectivity index (χ1) is 6.65. The number of aromatic nitrogens is 2. The topological polar surface area (TPSA) is 64.3 Å². The van der Waals surface area contributed by atoms with E-state index in [1.165, 1.54) is 17.1 Å². The normalized spacial score (nSPS) is 17.9. The van der Waals surface area contributed by atoms with Crippen molar-refractivity contribution in [3.8, 4) is 0 Å². The highest BCUT2D eigenvalue weighted by Gasteiger charge is 2.43. The van der Waals surface area contributed by atoms with Gasteiger partial charge in [0, 0.05) is 19.0 Å². The van der Waals surface area contributed by atoms with Crippen LogP contribution in [-0.2, 0) is 10.5 Å². The maximum atomic E-state index is 11.2. The van der Waals surface area contributed by atoms with E-state index in [0.717, 1.165) is 0 Å². The molecule has 5 nitrogen and oxygen atoms in total. The van der Waals surface area contributed by atoms with Gasteiger partial charge in [0.05, 0.1) is 18.4 Å². The third-order valence-corrected chi connectivity index (χ3v) is 2.22. The molecular formula is C9H12N2O3. The SMILES string of the molecule is CCOC(=O)c1cnn(C2(O)CC2)c1. The van der Waals surface area contributed by atoms with Gasteiger partial charge in [0.1, 0.15) is 0 Å². The average Bonchev–Trinajstić information content (AvgIpc) is 2.72. The number of rotatable bonds is 3. The van der Waals surface area contributed by atoms with Crippen molar-refractivity contribution in [2.75, 3.05) is 6.61 Å². The molecule has 1 aliphatic rings. The number of carbonyl (C=O) groups excluding carboxylic acids is 1. The first-order valence-electron chi connectivity index (χ1n) is 4.60. The van der Waals surface area contributed by atoms with Gasteiger partial charge in [-0.3, -0.25) is 0 Å². The molecule has 1 saturated carbocycles. The Morgan fingerprint density at radius 2 is 2.50 bits per heavy atom. The van der Waals surface area contributed by atoms with Crippen LogP contribution in [-0.4, -0.2) is 27.5 Å². The fraction of sp³-hybridized carbons (Fsp3) is 0.556. The third kappa shape index (κ3) is 1.50. The zero-order chi connectivity index (χ0) is 10.2. The van der Waals surface area contributed by atoms with E-state index in [-0.39, 0.29) is 0 Å². The monoisotopic (exact) mass is 196 g/mol. The standard InChI is InChI=1S/C9H12N2O3/c1-2-14-8(12)7-5-10-11(6-7)9(13)3-4-9/h5-6,13H,2-4H2,1H3. The van der Waals surface area contributed by atoms with Crippen LogP contribution in [0.25, 0.3) is 0 Å². The molecule has 0 aromatic carbocycles. The Labute approximate surface area is 81.3 Å². The molecule has 5 heteroatoms. The minimum absolute atomic E-state index is 0.342. The predicted octanol–water partition coefficient (Wildman–Crippen LogP) is 0.499. The number of hydrogen-bond donors (Lipinski definition) is 1. The average molecular weight is 196 g/mol. The van der Waals surface area contributed by atoms with Crippen molar-refractivity contribution in [2.24, 2.45) is 0 Å². The minimum atomic E-state index is -0.856. The van der Waals surface area contributed by atoms with Crippen LogP contribution in [0, 0.1) is 0 Å². The van der Waals surface area contributed by atoms with E-state index in [2.05, 4.69) is 5.10 Å². The summed E-state index contributed by atoms with van der Waals surface area (Å²) < 4.78 is 6.22. The zero-order valence-electron chi connectivity index (χ0n) is 7.93. The molecule has 0 atom stereocenters. The molecule has 1 aromatic heterocycles. The van der Waals surface area contributed by atoms with Gasteiger partial charge in [0.25, 0.3) is 0 Å². The van der Waals surface area contributed by atoms with Crippen molar-refractivity contribution < 1.29 is 14.6 Å². The lowest BCUT2D eigenvalue weighted by atomic mass is 10.4. The molecule has 0 spiro atoms. The van der Waals surface area contributed by atoms with Crippen molar-refractivity contribution in [3.63, 3.8) is 0 Å². The van der Waals surface area contributed by atoms with Crippen LogP contribution in [0.1, 0.15) is 30.1 Å². The Morgan fingerprint density at radius 1 is 1.79 bits per heavy atom. The molecule has 1 aromatic rings. The van der Waals surface area contributed by atoms with Gasteiger partial charge in [0.2, 0.25) is 0 Å². The van der Waals surface area contributed by atoms with E-state index in [1.54, 1.807) is 6.92 Å². The highest BCUT2D eigenvalue weighted by molar-refractivity contribution is 5.88.